The van der Waals surface area contributed by atoms with Crippen LogP contribution in [0.15, 0.2) is 0 Å². The van der Waals surface area contributed by atoms with E-state index in [9.17, 15) is 0 Å². The van der Waals surface area contributed by atoms with Crippen LogP contribution in [-0.4, -0.2) is 24.8 Å². The van der Waals surface area contributed by atoms with Gasteiger partial charge in [0.1, 0.15) is 0 Å². The lowest BCUT2D eigenvalue weighted by molar-refractivity contribution is -0.0352. The minimum absolute atomic E-state index is 0.676. The summed E-state index contributed by atoms with van der Waals surface area (Å²) in [6, 6.07) is 0.676. The molecule has 6 heavy (non-hydrogen) atoms. The van der Waals surface area contributed by atoms with Crippen LogP contribution in [0.25, 0.3) is 0 Å². The zero-order valence-corrected chi connectivity index (χ0v) is 4.14. The quantitative estimate of drug-likeness (QED) is 0.425. The molecule has 2 atom stereocenters. The highest BCUT2D eigenvalue weighted by molar-refractivity contribution is 4.75. The van der Waals surface area contributed by atoms with Crippen molar-refractivity contribution in [3.8, 4) is 0 Å². The molecule has 0 aromatic rings. The Hall–Kier alpha value is -0.0800. The highest BCUT2D eigenvalue weighted by atomic mass is 16.7. The van der Waals surface area contributed by atoms with Crippen LogP contribution in [0.2, 0.25) is 0 Å². The third-order valence-electron chi connectivity index (χ3n) is 1.04. The summed E-state index contributed by atoms with van der Waals surface area (Å²) in [5.41, 5.74) is 0. The van der Waals surface area contributed by atoms with Gasteiger partial charge in [-0.25, -0.2) is 0 Å². The van der Waals surface area contributed by atoms with Crippen molar-refractivity contribution in [3.05, 3.63) is 0 Å². The lowest BCUT2D eigenvalue weighted by Gasteiger charge is -1.89. The first-order valence-electron chi connectivity index (χ1n) is 2.15. The van der Waals surface area contributed by atoms with Gasteiger partial charge in [-0.2, -0.15) is 5.06 Å². The second-order valence-corrected chi connectivity index (χ2v) is 1.63. The Morgan fingerprint density at radius 2 is 2.33 bits per heavy atom. The minimum atomic E-state index is 0.676. The molecular formula is C4H9NO. The van der Waals surface area contributed by atoms with Crippen LogP contribution >= 0.6 is 0 Å². The van der Waals surface area contributed by atoms with Crippen molar-refractivity contribution in [1.82, 2.24) is 5.06 Å². The molecule has 2 nitrogen and oxygen atoms in total. The Morgan fingerprint density at radius 3 is 2.33 bits per heavy atom. The molecule has 0 aromatic heterocycles. The zero-order chi connectivity index (χ0) is 4.57. The Balaban J connectivity index is 2.09. The van der Waals surface area contributed by atoms with E-state index in [1.54, 1.807) is 7.11 Å². The Kier molecular flexibility index (Phi) is 0.821. The highest BCUT2D eigenvalue weighted by Crippen LogP contribution is 2.13. The number of hydroxylamine groups is 2. The molecule has 2 unspecified atom stereocenters. The van der Waals surface area contributed by atoms with Gasteiger partial charge in [-0.3, -0.25) is 0 Å². The maximum atomic E-state index is 4.81. The molecule has 0 aromatic carbocycles. The van der Waals surface area contributed by atoms with E-state index in [-0.39, 0.29) is 0 Å². The number of rotatable bonds is 1. The Labute approximate surface area is 37.7 Å². The average molecular weight is 87.1 g/mol. The van der Waals surface area contributed by atoms with Crippen molar-refractivity contribution < 1.29 is 4.84 Å². The summed E-state index contributed by atoms with van der Waals surface area (Å²) in [6.45, 7) is 3.24. The molecular weight excluding hydrogens is 78.0 g/mol. The molecule has 0 bridgehead atoms. The van der Waals surface area contributed by atoms with E-state index in [2.05, 4.69) is 6.92 Å². The second kappa shape index (κ2) is 1.21. The first kappa shape index (κ1) is 4.09. The van der Waals surface area contributed by atoms with Gasteiger partial charge in [-0.15, -0.1) is 0 Å². The van der Waals surface area contributed by atoms with Gasteiger partial charge in [0, 0.05) is 12.6 Å². The van der Waals surface area contributed by atoms with Crippen molar-refractivity contribution in [2.24, 2.45) is 0 Å². The zero-order valence-electron chi connectivity index (χ0n) is 4.14. The monoisotopic (exact) mass is 87.1 g/mol. The van der Waals surface area contributed by atoms with Crippen molar-refractivity contribution >= 4 is 0 Å². The Bertz CT molecular complexity index is 53.5. The maximum Gasteiger partial charge on any atom is 0.0575 e. The van der Waals surface area contributed by atoms with Crippen LogP contribution in [0.3, 0.4) is 0 Å². The first-order chi connectivity index (χ1) is 2.84. The molecule has 0 spiro atoms. The molecule has 1 aliphatic heterocycles. The molecule has 1 heterocycles. The smallest absolute Gasteiger partial charge is 0.0575 e. The molecule has 0 N–H and O–H groups in total. The van der Waals surface area contributed by atoms with Crippen molar-refractivity contribution in [2.45, 2.75) is 13.0 Å². The van der Waals surface area contributed by atoms with Crippen molar-refractivity contribution in [3.63, 3.8) is 0 Å². The van der Waals surface area contributed by atoms with E-state index >= 15 is 0 Å². The molecule has 0 amide bonds. The molecule has 1 saturated heterocycles. The molecule has 1 fully saturated rings. The molecule has 0 saturated carbocycles. The van der Waals surface area contributed by atoms with E-state index in [0.29, 0.717) is 6.04 Å². The van der Waals surface area contributed by atoms with Crippen LogP contribution < -0.4 is 0 Å². The van der Waals surface area contributed by atoms with Crippen LogP contribution in [-0.2, 0) is 4.84 Å². The summed E-state index contributed by atoms with van der Waals surface area (Å²) in [5, 5.41) is 1.92. The summed E-state index contributed by atoms with van der Waals surface area (Å²) in [7, 11) is 1.70. The maximum absolute atomic E-state index is 4.81. The van der Waals surface area contributed by atoms with Gasteiger partial charge in [0.2, 0.25) is 0 Å². The van der Waals surface area contributed by atoms with Gasteiger partial charge in [-0.05, 0) is 6.92 Å². The first-order valence-corrected chi connectivity index (χ1v) is 2.15. The normalized spacial score (nSPS) is 43.0. The molecule has 1 aliphatic rings. The fourth-order valence-corrected chi connectivity index (χ4v) is 0.468. The lowest BCUT2D eigenvalue weighted by atomic mass is 10.6. The lowest BCUT2D eigenvalue weighted by Crippen LogP contribution is -1.94. The van der Waals surface area contributed by atoms with E-state index in [0.717, 1.165) is 6.54 Å². The van der Waals surface area contributed by atoms with Gasteiger partial charge in [0.25, 0.3) is 0 Å². The fourth-order valence-electron chi connectivity index (χ4n) is 0.468. The molecule has 0 aliphatic carbocycles. The fraction of sp³-hybridized carbons (Fsp3) is 1.00. The van der Waals surface area contributed by atoms with Gasteiger partial charge in [-0.1, -0.05) is 0 Å². The summed E-state index contributed by atoms with van der Waals surface area (Å²) in [6.07, 6.45) is 0. The highest BCUT2D eigenvalue weighted by Gasteiger charge is 2.28. The number of nitrogens with zero attached hydrogens (tertiary/aromatic N) is 1. The standard InChI is InChI=1S/C4H9NO/c1-4-3-5(4)6-2/h4H,3H2,1-2H3. The van der Waals surface area contributed by atoms with Gasteiger partial charge >= 0.3 is 0 Å². The second-order valence-electron chi connectivity index (χ2n) is 1.63. The summed E-state index contributed by atoms with van der Waals surface area (Å²) in [5.74, 6) is 0. The molecule has 36 valence electrons. The largest absolute Gasteiger partial charge is 0.302 e. The Morgan fingerprint density at radius 1 is 1.83 bits per heavy atom. The van der Waals surface area contributed by atoms with Crippen LogP contribution in [0.4, 0.5) is 0 Å². The van der Waals surface area contributed by atoms with E-state index < -0.39 is 0 Å². The number of hydrogen-bond acceptors (Lipinski definition) is 2. The molecule has 1 rings (SSSR count). The van der Waals surface area contributed by atoms with Gasteiger partial charge in [0.15, 0.2) is 0 Å². The van der Waals surface area contributed by atoms with Gasteiger partial charge in [0.05, 0.1) is 7.11 Å². The predicted molar refractivity (Wildman–Crippen MR) is 23.2 cm³/mol. The third-order valence-corrected chi connectivity index (χ3v) is 1.04. The SMILES string of the molecule is CON1CC1C. The summed E-state index contributed by atoms with van der Waals surface area (Å²) < 4.78 is 0. The van der Waals surface area contributed by atoms with E-state index in [1.807, 2.05) is 5.06 Å². The predicted octanol–water partition coefficient (Wildman–Crippen LogP) is 0.252. The van der Waals surface area contributed by atoms with Crippen LogP contribution in [0, 0.1) is 0 Å². The van der Waals surface area contributed by atoms with Crippen LogP contribution in [0.1, 0.15) is 6.92 Å². The van der Waals surface area contributed by atoms with Crippen molar-refractivity contribution in [1.29, 1.82) is 0 Å². The minimum Gasteiger partial charge on any atom is -0.302 e. The number of hydrogen-bond donors (Lipinski definition) is 0. The topological polar surface area (TPSA) is 12.2 Å². The third kappa shape index (κ3) is 0.533. The average Bonchev–Trinajstić information content (AvgIpc) is 2.19. The van der Waals surface area contributed by atoms with Crippen LogP contribution in [0.5, 0.6) is 0 Å². The van der Waals surface area contributed by atoms with Gasteiger partial charge < -0.3 is 4.84 Å². The summed E-state index contributed by atoms with van der Waals surface area (Å²) in [4.78, 5) is 4.81. The molecule has 2 heteroatoms. The summed E-state index contributed by atoms with van der Waals surface area (Å²) >= 11 is 0. The van der Waals surface area contributed by atoms with E-state index in [4.69, 9.17) is 4.84 Å². The van der Waals surface area contributed by atoms with E-state index in [1.165, 1.54) is 0 Å². The van der Waals surface area contributed by atoms with Crippen molar-refractivity contribution in [2.75, 3.05) is 13.7 Å². The molecule has 0 radical (unpaired) electrons.